The maximum atomic E-state index is 11.2. The van der Waals surface area contributed by atoms with Crippen LogP contribution in [0.4, 0.5) is 0 Å². The molecule has 0 aliphatic carbocycles. The van der Waals surface area contributed by atoms with Crippen molar-refractivity contribution in [3.63, 3.8) is 0 Å². The lowest BCUT2D eigenvalue weighted by atomic mass is 10.0. The van der Waals surface area contributed by atoms with Gasteiger partial charge in [0.2, 0.25) is 5.91 Å². The molecule has 0 radical (unpaired) electrons. The summed E-state index contributed by atoms with van der Waals surface area (Å²) < 4.78 is 0. The maximum Gasteiger partial charge on any atom is 0.229 e. The van der Waals surface area contributed by atoms with Crippen molar-refractivity contribution >= 4 is 11.9 Å². The third-order valence-corrected chi connectivity index (χ3v) is 2.13. The molecule has 0 bridgehead atoms. The molecule has 1 aromatic carbocycles. The lowest BCUT2D eigenvalue weighted by Gasteiger charge is -2.18. The Balaban J connectivity index is 2.28. The fourth-order valence-electron chi connectivity index (χ4n) is 1.48. The van der Waals surface area contributed by atoms with Crippen molar-refractivity contribution < 1.29 is 4.79 Å². The van der Waals surface area contributed by atoms with E-state index in [-0.39, 0.29) is 17.9 Å². The van der Waals surface area contributed by atoms with E-state index in [1.807, 2.05) is 30.3 Å². The predicted octanol–water partition coefficient (Wildman–Crippen LogP) is 0.562. The highest BCUT2D eigenvalue weighted by Gasteiger charge is 2.20. The van der Waals surface area contributed by atoms with Crippen molar-refractivity contribution in [3.05, 3.63) is 35.9 Å². The number of carbonyl (C=O) groups excluding carboxylic acids is 1. The van der Waals surface area contributed by atoms with Crippen molar-refractivity contribution in [2.45, 2.75) is 12.5 Å². The third-order valence-electron chi connectivity index (χ3n) is 2.13. The second-order valence-corrected chi connectivity index (χ2v) is 3.19. The summed E-state index contributed by atoms with van der Waals surface area (Å²) in [4.78, 5) is 15.4. The minimum Gasteiger partial charge on any atom is -0.370 e. The lowest BCUT2D eigenvalue weighted by molar-refractivity contribution is -0.120. The van der Waals surface area contributed by atoms with Crippen LogP contribution < -0.4 is 11.1 Å². The average molecular weight is 189 g/mol. The summed E-state index contributed by atoms with van der Waals surface area (Å²) >= 11 is 0. The molecule has 0 saturated carbocycles. The zero-order chi connectivity index (χ0) is 9.97. The summed E-state index contributed by atoms with van der Waals surface area (Å²) in [5.74, 6) is 0.126. The van der Waals surface area contributed by atoms with Crippen LogP contribution in [0.5, 0.6) is 0 Å². The van der Waals surface area contributed by atoms with Gasteiger partial charge in [-0.2, -0.15) is 0 Å². The molecular formula is C10H11N3O. The summed E-state index contributed by atoms with van der Waals surface area (Å²) in [6.07, 6.45) is 0.366. The number of nitrogens with zero attached hydrogens (tertiary/aromatic N) is 1. The fraction of sp³-hybridized carbons (Fsp3) is 0.200. The summed E-state index contributed by atoms with van der Waals surface area (Å²) in [6, 6.07) is 9.53. The number of nitrogens with two attached hydrogens (primary N) is 1. The van der Waals surface area contributed by atoms with Gasteiger partial charge >= 0.3 is 0 Å². The zero-order valence-corrected chi connectivity index (χ0v) is 7.60. The number of guanidine groups is 1. The first-order valence-electron chi connectivity index (χ1n) is 4.44. The van der Waals surface area contributed by atoms with E-state index in [1.165, 1.54) is 0 Å². The van der Waals surface area contributed by atoms with Gasteiger partial charge in [-0.3, -0.25) is 10.1 Å². The van der Waals surface area contributed by atoms with E-state index in [2.05, 4.69) is 10.3 Å². The van der Waals surface area contributed by atoms with Gasteiger partial charge in [0.05, 0.1) is 12.5 Å². The quantitative estimate of drug-likeness (QED) is 0.678. The highest BCUT2D eigenvalue weighted by atomic mass is 16.1. The van der Waals surface area contributed by atoms with Gasteiger partial charge in [0.15, 0.2) is 5.96 Å². The van der Waals surface area contributed by atoms with Crippen LogP contribution in [0.2, 0.25) is 0 Å². The lowest BCUT2D eigenvalue weighted by Crippen LogP contribution is -2.41. The van der Waals surface area contributed by atoms with E-state index >= 15 is 0 Å². The standard InChI is InChI=1S/C10H11N3O/c11-10-12-8(6-9(14)13-10)7-4-2-1-3-5-7/h1-5,8H,6H2,(H3,11,12,13,14)/t8-/m1/s1. The molecule has 72 valence electrons. The molecule has 0 saturated heterocycles. The van der Waals surface area contributed by atoms with Gasteiger partial charge in [-0.15, -0.1) is 0 Å². The Morgan fingerprint density at radius 1 is 1.36 bits per heavy atom. The van der Waals surface area contributed by atoms with Gasteiger partial charge in [0, 0.05) is 0 Å². The topological polar surface area (TPSA) is 67.5 Å². The molecule has 0 unspecified atom stereocenters. The second kappa shape index (κ2) is 3.49. The number of benzene rings is 1. The molecule has 1 aliphatic heterocycles. The summed E-state index contributed by atoms with van der Waals surface area (Å²) in [5.41, 5.74) is 6.49. The molecule has 0 spiro atoms. The summed E-state index contributed by atoms with van der Waals surface area (Å²) in [5, 5.41) is 2.47. The van der Waals surface area contributed by atoms with Crippen LogP contribution in [0.15, 0.2) is 35.3 Å². The van der Waals surface area contributed by atoms with E-state index in [4.69, 9.17) is 5.73 Å². The highest BCUT2D eigenvalue weighted by Crippen LogP contribution is 2.22. The number of amides is 1. The molecule has 1 atom stereocenters. The van der Waals surface area contributed by atoms with E-state index in [0.29, 0.717) is 6.42 Å². The molecular weight excluding hydrogens is 178 g/mol. The van der Waals surface area contributed by atoms with Crippen molar-refractivity contribution in [2.75, 3.05) is 0 Å². The zero-order valence-electron chi connectivity index (χ0n) is 7.60. The molecule has 0 fully saturated rings. The molecule has 4 heteroatoms. The summed E-state index contributed by atoms with van der Waals surface area (Å²) in [6.45, 7) is 0. The smallest absolute Gasteiger partial charge is 0.229 e. The Bertz CT molecular complexity index is 372. The first kappa shape index (κ1) is 8.74. The van der Waals surface area contributed by atoms with Gasteiger partial charge in [-0.1, -0.05) is 30.3 Å². The van der Waals surface area contributed by atoms with Crippen LogP contribution in [-0.4, -0.2) is 11.9 Å². The van der Waals surface area contributed by atoms with Crippen molar-refractivity contribution in [1.82, 2.24) is 5.32 Å². The average Bonchev–Trinajstić information content (AvgIpc) is 2.18. The van der Waals surface area contributed by atoms with Crippen LogP contribution in [0.25, 0.3) is 0 Å². The van der Waals surface area contributed by atoms with Gasteiger partial charge in [0.25, 0.3) is 0 Å². The number of carbonyl (C=O) groups is 1. The highest BCUT2D eigenvalue weighted by molar-refractivity contribution is 5.98. The SMILES string of the molecule is NC1=N[C@@H](c2ccccc2)CC(=O)N1. The van der Waals surface area contributed by atoms with E-state index in [9.17, 15) is 4.79 Å². The Morgan fingerprint density at radius 2 is 2.07 bits per heavy atom. The van der Waals surface area contributed by atoms with Crippen LogP contribution >= 0.6 is 0 Å². The minimum absolute atomic E-state index is 0.0775. The van der Waals surface area contributed by atoms with Crippen LogP contribution in [0, 0.1) is 0 Å². The molecule has 1 amide bonds. The number of hydrogen-bond acceptors (Lipinski definition) is 3. The van der Waals surface area contributed by atoms with E-state index in [1.54, 1.807) is 0 Å². The van der Waals surface area contributed by atoms with E-state index < -0.39 is 0 Å². The van der Waals surface area contributed by atoms with Crippen molar-refractivity contribution in [3.8, 4) is 0 Å². The Labute approximate surface area is 81.8 Å². The normalized spacial score (nSPS) is 21.3. The first-order chi connectivity index (χ1) is 6.75. The minimum atomic E-state index is -0.134. The van der Waals surface area contributed by atoms with Gasteiger partial charge in [-0.25, -0.2) is 4.99 Å². The second-order valence-electron chi connectivity index (χ2n) is 3.19. The molecule has 1 aliphatic rings. The Morgan fingerprint density at radius 3 is 2.71 bits per heavy atom. The number of hydrogen-bond donors (Lipinski definition) is 2. The van der Waals surface area contributed by atoms with Crippen LogP contribution in [0.1, 0.15) is 18.0 Å². The van der Waals surface area contributed by atoms with Crippen molar-refractivity contribution in [2.24, 2.45) is 10.7 Å². The first-order valence-corrected chi connectivity index (χ1v) is 4.44. The molecule has 2 rings (SSSR count). The fourth-order valence-corrected chi connectivity index (χ4v) is 1.48. The molecule has 0 aromatic heterocycles. The number of aliphatic imine (C=N–C) groups is 1. The van der Waals surface area contributed by atoms with Gasteiger partial charge in [-0.05, 0) is 5.56 Å². The van der Waals surface area contributed by atoms with Gasteiger partial charge in [0.1, 0.15) is 0 Å². The molecule has 4 nitrogen and oxygen atoms in total. The monoisotopic (exact) mass is 189 g/mol. The third kappa shape index (κ3) is 1.74. The van der Waals surface area contributed by atoms with E-state index in [0.717, 1.165) is 5.56 Å². The molecule has 1 heterocycles. The number of rotatable bonds is 1. The molecule has 1 aromatic rings. The number of nitrogens with one attached hydrogen (secondary N) is 1. The predicted molar refractivity (Wildman–Crippen MR) is 53.6 cm³/mol. The maximum absolute atomic E-state index is 11.2. The largest absolute Gasteiger partial charge is 0.370 e. The van der Waals surface area contributed by atoms with Crippen LogP contribution in [0.3, 0.4) is 0 Å². The molecule has 3 N–H and O–H groups in total. The summed E-state index contributed by atoms with van der Waals surface area (Å²) in [7, 11) is 0. The van der Waals surface area contributed by atoms with Crippen LogP contribution in [-0.2, 0) is 4.79 Å². The van der Waals surface area contributed by atoms with Gasteiger partial charge < -0.3 is 5.73 Å². The Kier molecular flexibility index (Phi) is 2.18. The molecule has 14 heavy (non-hydrogen) atoms. The van der Waals surface area contributed by atoms with Crippen molar-refractivity contribution in [1.29, 1.82) is 0 Å². The Hall–Kier alpha value is -1.84.